The van der Waals surface area contributed by atoms with Crippen molar-refractivity contribution < 1.29 is 14.6 Å². The van der Waals surface area contributed by atoms with Crippen molar-refractivity contribution in [3.63, 3.8) is 0 Å². The first-order valence-corrected chi connectivity index (χ1v) is 12.4. The zero-order chi connectivity index (χ0) is 17.2. The van der Waals surface area contributed by atoms with Crippen molar-refractivity contribution in [3.05, 3.63) is 28.2 Å². The molecule has 0 fully saturated rings. The number of hydrogen-bond donors (Lipinski definition) is 1. The first-order chi connectivity index (χ1) is 10.7. The number of carbonyl (C=O) groups is 1. The molecule has 23 heavy (non-hydrogen) atoms. The van der Waals surface area contributed by atoms with Gasteiger partial charge in [-0.05, 0) is 25.1 Å². The number of halogens is 1. The van der Waals surface area contributed by atoms with Gasteiger partial charge in [-0.3, -0.25) is 4.79 Å². The first-order valence-electron chi connectivity index (χ1n) is 7.88. The maximum atomic E-state index is 11.8. The summed E-state index contributed by atoms with van der Waals surface area (Å²) in [6.45, 7) is 10.6. The minimum Gasteiger partial charge on any atom is -0.480 e. The van der Waals surface area contributed by atoms with Gasteiger partial charge in [-0.15, -0.1) is 0 Å². The molecule has 1 atom stereocenters. The summed E-state index contributed by atoms with van der Waals surface area (Å²) in [4.78, 5) is 11.8. The lowest BCUT2D eigenvalue weighted by atomic mass is 10.1. The van der Waals surface area contributed by atoms with Crippen LogP contribution in [0, 0.1) is 0 Å². The van der Waals surface area contributed by atoms with Crippen LogP contribution >= 0.6 is 15.9 Å². The molecule has 2 rings (SSSR count). The quantitative estimate of drug-likeness (QED) is 0.554. The molecule has 0 radical (unpaired) electrons. The lowest BCUT2D eigenvalue weighted by molar-refractivity contribution is -0.145. The first kappa shape index (κ1) is 18.4. The van der Waals surface area contributed by atoms with Crippen LogP contribution in [0.5, 0.6) is 0 Å². The second-order valence-electron chi connectivity index (χ2n) is 6.95. The van der Waals surface area contributed by atoms with Crippen molar-refractivity contribution in [2.45, 2.75) is 38.7 Å². The van der Waals surface area contributed by atoms with E-state index in [1.54, 1.807) is 0 Å². The zero-order valence-corrected chi connectivity index (χ0v) is 16.8. The molecular formula is C16H25BrN2O3Si. The van der Waals surface area contributed by atoms with Crippen LogP contribution < -0.4 is 5.01 Å². The van der Waals surface area contributed by atoms with Crippen molar-refractivity contribution in [3.8, 4) is 0 Å². The van der Waals surface area contributed by atoms with E-state index in [2.05, 4.69) is 35.6 Å². The Kier molecular flexibility index (Phi) is 5.88. The van der Waals surface area contributed by atoms with Gasteiger partial charge >= 0.3 is 5.97 Å². The molecule has 7 heteroatoms. The topological polar surface area (TPSA) is 53.0 Å². The number of anilines is 1. The van der Waals surface area contributed by atoms with Gasteiger partial charge in [-0.2, -0.15) is 5.01 Å². The normalized spacial score (nSPS) is 18.3. The molecule has 5 nitrogen and oxygen atoms in total. The van der Waals surface area contributed by atoms with Crippen LogP contribution in [0.1, 0.15) is 18.5 Å². The van der Waals surface area contributed by atoms with E-state index < -0.39 is 20.1 Å². The van der Waals surface area contributed by atoms with E-state index in [-0.39, 0.29) is 0 Å². The van der Waals surface area contributed by atoms with Gasteiger partial charge in [0, 0.05) is 31.3 Å². The second kappa shape index (κ2) is 7.34. The molecule has 1 heterocycles. The number of hydrazine groups is 1. The Morgan fingerprint density at radius 1 is 1.39 bits per heavy atom. The number of carboxylic acids is 1. The van der Waals surface area contributed by atoms with E-state index in [4.69, 9.17) is 4.74 Å². The summed E-state index contributed by atoms with van der Waals surface area (Å²) in [6.07, 6.45) is 0. The molecule has 0 saturated carbocycles. The number of nitrogens with zero attached hydrogens (tertiary/aromatic N) is 2. The fourth-order valence-corrected chi connectivity index (χ4v) is 3.81. The van der Waals surface area contributed by atoms with Crippen LogP contribution in [0.2, 0.25) is 25.7 Å². The minimum atomic E-state index is -1.15. The Balaban J connectivity index is 2.15. The molecule has 1 unspecified atom stereocenters. The highest BCUT2D eigenvalue weighted by molar-refractivity contribution is 9.10. The van der Waals surface area contributed by atoms with E-state index in [1.165, 1.54) is 0 Å². The Morgan fingerprint density at radius 3 is 2.65 bits per heavy atom. The summed E-state index contributed by atoms with van der Waals surface area (Å²) in [6, 6.07) is 6.12. The van der Waals surface area contributed by atoms with Gasteiger partial charge in [0.25, 0.3) is 0 Å². The number of ether oxygens (including phenoxy) is 1. The third kappa shape index (κ3) is 4.35. The molecule has 1 aromatic rings. The highest BCUT2D eigenvalue weighted by Crippen LogP contribution is 2.41. The van der Waals surface area contributed by atoms with Gasteiger partial charge < -0.3 is 14.9 Å². The van der Waals surface area contributed by atoms with Crippen molar-refractivity contribution >= 4 is 35.7 Å². The highest BCUT2D eigenvalue weighted by Gasteiger charge is 2.40. The Morgan fingerprint density at radius 2 is 2.09 bits per heavy atom. The van der Waals surface area contributed by atoms with Crippen LogP contribution in [0.25, 0.3) is 0 Å². The van der Waals surface area contributed by atoms with E-state index >= 15 is 0 Å². The average molecular weight is 401 g/mol. The number of fused-ring (bicyclic) bond motifs is 1. The SMILES string of the molecule is CCN1c2cc(Br)ccc2C(C(=O)O)N1COCC[Si](C)(C)C. The predicted molar refractivity (Wildman–Crippen MR) is 98.3 cm³/mol. The summed E-state index contributed by atoms with van der Waals surface area (Å²) in [7, 11) is -1.15. The van der Waals surface area contributed by atoms with Crippen LogP contribution in [-0.2, 0) is 9.53 Å². The molecule has 1 aliphatic heterocycles. The van der Waals surface area contributed by atoms with Gasteiger partial charge in [0.2, 0.25) is 0 Å². The minimum absolute atomic E-state index is 0.293. The molecule has 1 N–H and O–H groups in total. The summed E-state index contributed by atoms with van der Waals surface area (Å²) in [5, 5.41) is 13.5. The molecule has 0 aliphatic carbocycles. The Bertz CT molecular complexity index is 577. The van der Waals surface area contributed by atoms with Gasteiger partial charge in [0.05, 0.1) is 5.69 Å². The zero-order valence-electron chi connectivity index (χ0n) is 14.2. The van der Waals surface area contributed by atoms with Crippen LogP contribution in [0.15, 0.2) is 22.7 Å². The van der Waals surface area contributed by atoms with Crippen molar-refractivity contribution in [2.24, 2.45) is 0 Å². The van der Waals surface area contributed by atoms with Crippen molar-refractivity contribution in [2.75, 3.05) is 24.9 Å². The fourth-order valence-electron chi connectivity index (χ4n) is 2.70. The molecule has 1 aliphatic rings. The maximum absolute atomic E-state index is 11.8. The third-order valence-electron chi connectivity index (χ3n) is 3.93. The lowest BCUT2D eigenvalue weighted by Gasteiger charge is -2.31. The molecule has 0 bridgehead atoms. The van der Waals surface area contributed by atoms with Gasteiger partial charge in [0.1, 0.15) is 6.73 Å². The van der Waals surface area contributed by atoms with E-state index in [0.29, 0.717) is 19.9 Å². The molecule has 128 valence electrons. The molecular weight excluding hydrogens is 376 g/mol. The smallest absolute Gasteiger partial charge is 0.327 e. The number of carboxylic acid groups (broad SMARTS) is 1. The predicted octanol–water partition coefficient (Wildman–Crippen LogP) is 3.94. The van der Waals surface area contributed by atoms with E-state index in [9.17, 15) is 9.90 Å². The molecule has 0 saturated heterocycles. The molecule has 1 aromatic carbocycles. The summed E-state index contributed by atoms with van der Waals surface area (Å²) < 4.78 is 6.76. The fraction of sp³-hybridized carbons (Fsp3) is 0.562. The largest absolute Gasteiger partial charge is 0.480 e. The Hall–Kier alpha value is -0.893. The van der Waals surface area contributed by atoms with Crippen LogP contribution in [0.4, 0.5) is 5.69 Å². The maximum Gasteiger partial charge on any atom is 0.327 e. The number of benzene rings is 1. The second-order valence-corrected chi connectivity index (χ2v) is 13.5. The molecule has 0 aromatic heterocycles. The van der Waals surface area contributed by atoms with Crippen molar-refractivity contribution in [1.82, 2.24) is 5.01 Å². The van der Waals surface area contributed by atoms with Crippen LogP contribution in [0.3, 0.4) is 0 Å². The average Bonchev–Trinajstić information content (AvgIpc) is 2.75. The van der Waals surface area contributed by atoms with E-state index in [1.807, 2.05) is 35.1 Å². The molecule has 0 amide bonds. The standard InChI is InChI=1S/C16H25BrN2O3Si/c1-5-18-14-10-12(17)6-7-13(14)15(16(20)21)19(18)11-22-8-9-23(2,3)4/h6-7,10,15H,5,8-9,11H2,1-4H3,(H,20,21). The molecule has 0 spiro atoms. The van der Waals surface area contributed by atoms with Gasteiger partial charge in [-0.25, -0.2) is 0 Å². The summed E-state index contributed by atoms with van der Waals surface area (Å²) in [5.74, 6) is -0.849. The third-order valence-corrected chi connectivity index (χ3v) is 6.12. The lowest BCUT2D eigenvalue weighted by Crippen LogP contribution is -2.43. The number of aliphatic carboxylic acids is 1. The summed E-state index contributed by atoms with van der Waals surface area (Å²) >= 11 is 3.46. The van der Waals surface area contributed by atoms with Crippen LogP contribution in [-0.4, -0.2) is 44.0 Å². The summed E-state index contributed by atoms with van der Waals surface area (Å²) in [5.41, 5.74) is 1.75. The number of hydrogen-bond acceptors (Lipinski definition) is 4. The number of rotatable bonds is 7. The van der Waals surface area contributed by atoms with Crippen molar-refractivity contribution in [1.29, 1.82) is 0 Å². The highest BCUT2D eigenvalue weighted by atomic mass is 79.9. The van der Waals surface area contributed by atoms with Gasteiger partial charge in [-0.1, -0.05) is 41.6 Å². The monoisotopic (exact) mass is 400 g/mol. The Labute approximate surface area is 147 Å². The van der Waals surface area contributed by atoms with Gasteiger partial charge in [0.15, 0.2) is 6.04 Å². The van der Waals surface area contributed by atoms with E-state index in [0.717, 1.165) is 21.8 Å².